The van der Waals surface area contributed by atoms with Crippen molar-refractivity contribution in [3.8, 4) is 0 Å². The van der Waals surface area contributed by atoms with E-state index in [0.717, 1.165) is 6.54 Å². The minimum atomic E-state index is 0. The fourth-order valence-corrected chi connectivity index (χ4v) is 0.623. The number of halogens is 1. The molecule has 9 heavy (non-hydrogen) atoms. The van der Waals surface area contributed by atoms with E-state index in [1.165, 1.54) is 0 Å². The SMILES string of the molecule is [CH2-]C(C)CN(C)C.[Cl-].[Mg+2]. The number of rotatable bonds is 2. The normalized spacial score (nSPS) is 11.7. The van der Waals surface area contributed by atoms with Crippen LogP contribution in [0.1, 0.15) is 6.92 Å². The maximum Gasteiger partial charge on any atom is 2.00 e. The van der Waals surface area contributed by atoms with E-state index in [4.69, 9.17) is 0 Å². The van der Waals surface area contributed by atoms with Gasteiger partial charge in [0, 0.05) is 0 Å². The van der Waals surface area contributed by atoms with E-state index in [9.17, 15) is 0 Å². The van der Waals surface area contributed by atoms with Crippen LogP contribution < -0.4 is 12.4 Å². The summed E-state index contributed by atoms with van der Waals surface area (Å²) >= 11 is 0. The monoisotopic (exact) mass is 159 g/mol. The molecule has 0 aliphatic carbocycles. The molecule has 0 aromatic heterocycles. The van der Waals surface area contributed by atoms with Crippen LogP contribution in [0.25, 0.3) is 0 Å². The summed E-state index contributed by atoms with van der Waals surface area (Å²) in [5.41, 5.74) is 0. The average molecular weight is 160 g/mol. The first-order valence-electron chi connectivity index (χ1n) is 2.60. The summed E-state index contributed by atoms with van der Waals surface area (Å²) in [6.07, 6.45) is 0. The maximum absolute atomic E-state index is 3.84. The summed E-state index contributed by atoms with van der Waals surface area (Å²) in [5.74, 6) is 0.551. The van der Waals surface area contributed by atoms with Gasteiger partial charge in [-0.15, -0.1) is 0 Å². The molecule has 0 aliphatic rings. The Bertz CT molecular complexity index is 42.3. The molecule has 1 nitrogen and oxygen atoms in total. The van der Waals surface area contributed by atoms with Crippen LogP contribution in [0.3, 0.4) is 0 Å². The van der Waals surface area contributed by atoms with Crippen LogP contribution in [0.4, 0.5) is 0 Å². The first kappa shape index (κ1) is 16.5. The number of hydrogen-bond acceptors (Lipinski definition) is 1. The van der Waals surface area contributed by atoms with Crippen LogP contribution in [-0.4, -0.2) is 48.6 Å². The number of hydrogen-bond donors (Lipinski definition) is 0. The quantitative estimate of drug-likeness (QED) is 0.322. The molecular formula is C6H14ClMgN. The van der Waals surface area contributed by atoms with Crippen LogP contribution in [0.2, 0.25) is 0 Å². The maximum atomic E-state index is 3.84. The van der Waals surface area contributed by atoms with E-state index < -0.39 is 0 Å². The molecule has 1 unspecified atom stereocenters. The van der Waals surface area contributed by atoms with E-state index in [-0.39, 0.29) is 35.5 Å². The van der Waals surface area contributed by atoms with Gasteiger partial charge in [-0.1, -0.05) is 6.92 Å². The van der Waals surface area contributed by atoms with E-state index in [2.05, 4.69) is 32.8 Å². The van der Waals surface area contributed by atoms with E-state index >= 15 is 0 Å². The van der Waals surface area contributed by atoms with Crippen molar-refractivity contribution >= 4 is 23.1 Å². The Morgan fingerprint density at radius 2 is 1.78 bits per heavy atom. The molecule has 0 radical (unpaired) electrons. The summed E-state index contributed by atoms with van der Waals surface area (Å²) in [6, 6.07) is 0. The van der Waals surface area contributed by atoms with Crippen molar-refractivity contribution in [2.45, 2.75) is 6.92 Å². The van der Waals surface area contributed by atoms with Crippen LogP contribution in [0.5, 0.6) is 0 Å². The molecule has 0 fully saturated rings. The van der Waals surface area contributed by atoms with Gasteiger partial charge >= 0.3 is 23.1 Å². The third-order valence-corrected chi connectivity index (χ3v) is 0.677. The van der Waals surface area contributed by atoms with Crippen LogP contribution in [0, 0.1) is 12.8 Å². The molecule has 0 saturated heterocycles. The molecule has 52 valence electrons. The summed E-state index contributed by atoms with van der Waals surface area (Å²) < 4.78 is 0. The summed E-state index contributed by atoms with van der Waals surface area (Å²) in [6.45, 7) is 7.03. The second-order valence-electron chi connectivity index (χ2n) is 2.37. The fourth-order valence-electron chi connectivity index (χ4n) is 0.623. The molecule has 0 bridgehead atoms. The molecule has 0 rings (SSSR count). The van der Waals surface area contributed by atoms with Crippen molar-refractivity contribution < 1.29 is 12.4 Å². The summed E-state index contributed by atoms with van der Waals surface area (Å²) in [5, 5.41) is 0. The molecule has 0 aliphatic heterocycles. The van der Waals surface area contributed by atoms with Gasteiger partial charge in [-0.3, -0.25) is 0 Å². The Morgan fingerprint density at radius 3 is 1.78 bits per heavy atom. The number of nitrogens with zero attached hydrogens (tertiary/aromatic N) is 1. The van der Waals surface area contributed by atoms with Crippen molar-refractivity contribution in [3.05, 3.63) is 6.92 Å². The molecule has 0 amide bonds. The Morgan fingerprint density at radius 1 is 1.44 bits per heavy atom. The van der Waals surface area contributed by atoms with Gasteiger partial charge in [0.25, 0.3) is 0 Å². The Kier molecular flexibility index (Phi) is 16.6. The predicted molar refractivity (Wildman–Crippen MR) is 38.8 cm³/mol. The van der Waals surface area contributed by atoms with Gasteiger partial charge in [0.15, 0.2) is 0 Å². The van der Waals surface area contributed by atoms with Crippen molar-refractivity contribution in [1.29, 1.82) is 0 Å². The van der Waals surface area contributed by atoms with Gasteiger partial charge < -0.3 is 24.2 Å². The zero-order valence-electron chi connectivity index (χ0n) is 6.52. The van der Waals surface area contributed by atoms with E-state index in [1.54, 1.807) is 0 Å². The predicted octanol–water partition coefficient (Wildman–Crippen LogP) is -2.36. The fraction of sp³-hybridized carbons (Fsp3) is 0.833. The molecule has 0 heterocycles. The van der Waals surface area contributed by atoms with Gasteiger partial charge in [0.2, 0.25) is 0 Å². The Hall–Kier alpha value is 1.02. The first-order valence-corrected chi connectivity index (χ1v) is 2.60. The van der Waals surface area contributed by atoms with Gasteiger partial charge in [0.05, 0.1) is 0 Å². The Balaban J connectivity index is -0.000000180. The average Bonchev–Trinajstić information content (AvgIpc) is 1.27. The van der Waals surface area contributed by atoms with Crippen LogP contribution in [0.15, 0.2) is 0 Å². The van der Waals surface area contributed by atoms with Gasteiger partial charge in [0.1, 0.15) is 0 Å². The minimum absolute atomic E-state index is 0. The van der Waals surface area contributed by atoms with Crippen molar-refractivity contribution in [2.24, 2.45) is 5.92 Å². The summed E-state index contributed by atoms with van der Waals surface area (Å²) in [7, 11) is 4.11. The van der Waals surface area contributed by atoms with Gasteiger partial charge in [-0.05, 0) is 20.6 Å². The van der Waals surface area contributed by atoms with E-state index in [0.29, 0.717) is 5.92 Å². The molecule has 0 spiro atoms. The second kappa shape index (κ2) is 9.02. The molecule has 3 heteroatoms. The Labute approximate surface area is 80.7 Å². The minimum Gasteiger partial charge on any atom is -1.00 e. The smallest absolute Gasteiger partial charge is 1.00 e. The first-order chi connectivity index (χ1) is 3.13. The van der Waals surface area contributed by atoms with Gasteiger partial charge in [-0.2, -0.15) is 5.92 Å². The van der Waals surface area contributed by atoms with Crippen molar-refractivity contribution in [3.63, 3.8) is 0 Å². The molecular weight excluding hydrogens is 146 g/mol. The zero-order chi connectivity index (χ0) is 5.86. The third-order valence-electron chi connectivity index (χ3n) is 0.677. The largest absolute Gasteiger partial charge is 2.00 e. The molecule has 0 aromatic carbocycles. The summed E-state index contributed by atoms with van der Waals surface area (Å²) in [4.78, 5) is 2.14. The molecule has 1 atom stereocenters. The third kappa shape index (κ3) is 17.6. The topological polar surface area (TPSA) is 3.24 Å². The van der Waals surface area contributed by atoms with E-state index in [1.807, 2.05) is 0 Å². The van der Waals surface area contributed by atoms with Crippen molar-refractivity contribution in [2.75, 3.05) is 20.6 Å². The standard InChI is InChI=1S/C6H14N.ClH.Mg/c1-6(2)5-7(3)4;;/h6H,1,5H2,2-4H3;1H;/q-1;;+2/p-1. The second-order valence-corrected chi connectivity index (χ2v) is 2.37. The molecule has 0 saturated carbocycles. The van der Waals surface area contributed by atoms with Crippen LogP contribution in [-0.2, 0) is 0 Å². The molecule has 0 aromatic rings. The molecule has 0 N–H and O–H groups in total. The van der Waals surface area contributed by atoms with Gasteiger partial charge in [-0.25, -0.2) is 0 Å². The van der Waals surface area contributed by atoms with Crippen LogP contribution >= 0.6 is 0 Å². The zero-order valence-corrected chi connectivity index (χ0v) is 8.69. The van der Waals surface area contributed by atoms with Crippen molar-refractivity contribution in [1.82, 2.24) is 4.90 Å².